The third kappa shape index (κ3) is 3.32. The molecule has 0 saturated carbocycles. The minimum Gasteiger partial charge on any atom is -0.326 e. The largest absolute Gasteiger partial charge is 0.326 e. The second-order valence-electron chi connectivity index (χ2n) is 5.78. The maximum Gasteiger partial charge on any atom is 0.224 e. The van der Waals surface area contributed by atoms with Gasteiger partial charge in [-0.25, -0.2) is 0 Å². The topological polar surface area (TPSA) is 57.8 Å². The van der Waals surface area contributed by atoms with Gasteiger partial charge in [0.25, 0.3) is 0 Å². The summed E-state index contributed by atoms with van der Waals surface area (Å²) in [5, 5.41) is 10.8. The van der Waals surface area contributed by atoms with Gasteiger partial charge in [0.1, 0.15) is 0 Å². The van der Waals surface area contributed by atoms with Crippen molar-refractivity contribution in [3.63, 3.8) is 0 Å². The molecule has 2 rings (SSSR count). The summed E-state index contributed by atoms with van der Waals surface area (Å²) in [6, 6.07) is 5.73. The molecule has 0 bridgehead atoms. The van der Waals surface area contributed by atoms with Gasteiger partial charge in [0.15, 0.2) is 0 Å². The highest BCUT2D eigenvalue weighted by Gasteiger charge is 2.13. The Bertz CT molecular complexity index is 551. The maximum atomic E-state index is 11.8. The van der Waals surface area contributed by atoms with E-state index in [0.717, 1.165) is 23.0 Å². The molecule has 1 heterocycles. The van der Waals surface area contributed by atoms with Crippen LogP contribution >= 0.6 is 0 Å². The van der Waals surface area contributed by atoms with E-state index in [0.29, 0.717) is 6.42 Å². The number of fused-ring (bicyclic) bond motifs is 1. The molecule has 1 aromatic heterocycles. The predicted molar refractivity (Wildman–Crippen MR) is 73.4 cm³/mol. The smallest absolute Gasteiger partial charge is 0.224 e. The number of anilines is 1. The van der Waals surface area contributed by atoms with Crippen LogP contribution in [0.25, 0.3) is 10.9 Å². The lowest BCUT2D eigenvalue weighted by Crippen LogP contribution is -2.15. The Morgan fingerprint density at radius 3 is 2.89 bits per heavy atom. The molecule has 0 aliphatic heterocycles. The molecule has 0 fully saturated rings. The third-order valence-electron chi connectivity index (χ3n) is 2.83. The standard InChI is InChI=1S/C14H19N3O/c1-14(2,3)7-6-13(18)16-11-4-5-12-10(8-11)9-15-17-12/h4-5,8-9H,6-7H2,1-3H3,(H,15,17)(H,16,18). The summed E-state index contributed by atoms with van der Waals surface area (Å²) < 4.78 is 0. The maximum absolute atomic E-state index is 11.8. The summed E-state index contributed by atoms with van der Waals surface area (Å²) >= 11 is 0. The molecule has 2 N–H and O–H groups in total. The van der Waals surface area contributed by atoms with Gasteiger partial charge in [-0.05, 0) is 30.0 Å². The van der Waals surface area contributed by atoms with Gasteiger partial charge in [-0.2, -0.15) is 5.10 Å². The van der Waals surface area contributed by atoms with Crippen LogP contribution in [0.15, 0.2) is 24.4 Å². The van der Waals surface area contributed by atoms with Crippen LogP contribution in [0.2, 0.25) is 0 Å². The highest BCUT2D eigenvalue weighted by molar-refractivity contribution is 5.93. The zero-order valence-electron chi connectivity index (χ0n) is 11.1. The number of nitrogens with zero attached hydrogens (tertiary/aromatic N) is 1. The van der Waals surface area contributed by atoms with Crippen molar-refractivity contribution in [1.82, 2.24) is 10.2 Å². The van der Waals surface area contributed by atoms with Gasteiger partial charge >= 0.3 is 0 Å². The van der Waals surface area contributed by atoms with Crippen molar-refractivity contribution in [2.75, 3.05) is 5.32 Å². The first-order chi connectivity index (χ1) is 8.44. The number of rotatable bonds is 3. The van der Waals surface area contributed by atoms with Crippen LogP contribution in [-0.4, -0.2) is 16.1 Å². The number of hydrogen-bond acceptors (Lipinski definition) is 2. The van der Waals surface area contributed by atoms with Gasteiger partial charge in [-0.1, -0.05) is 20.8 Å². The monoisotopic (exact) mass is 245 g/mol. The molecule has 0 atom stereocenters. The Kier molecular flexibility index (Phi) is 3.36. The molecule has 0 aliphatic carbocycles. The van der Waals surface area contributed by atoms with E-state index in [1.54, 1.807) is 6.20 Å². The second kappa shape index (κ2) is 4.80. The first-order valence-electron chi connectivity index (χ1n) is 6.17. The molecule has 0 radical (unpaired) electrons. The Balaban J connectivity index is 1.98. The first kappa shape index (κ1) is 12.6. The van der Waals surface area contributed by atoms with E-state index in [9.17, 15) is 4.79 Å². The lowest BCUT2D eigenvalue weighted by molar-refractivity contribution is -0.116. The third-order valence-corrected chi connectivity index (χ3v) is 2.83. The van der Waals surface area contributed by atoms with Crippen LogP contribution in [0, 0.1) is 5.41 Å². The summed E-state index contributed by atoms with van der Waals surface area (Å²) in [6.07, 6.45) is 3.18. The number of aromatic amines is 1. The summed E-state index contributed by atoms with van der Waals surface area (Å²) in [5.41, 5.74) is 1.98. The molecule has 18 heavy (non-hydrogen) atoms. The molecule has 96 valence electrons. The van der Waals surface area contributed by atoms with Crippen molar-refractivity contribution in [2.45, 2.75) is 33.6 Å². The van der Waals surface area contributed by atoms with Crippen LogP contribution in [-0.2, 0) is 4.79 Å². The molecule has 0 saturated heterocycles. The Hall–Kier alpha value is -1.84. The van der Waals surface area contributed by atoms with E-state index < -0.39 is 0 Å². The van der Waals surface area contributed by atoms with E-state index in [1.807, 2.05) is 18.2 Å². The number of H-pyrrole nitrogens is 1. The van der Waals surface area contributed by atoms with E-state index in [4.69, 9.17) is 0 Å². The van der Waals surface area contributed by atoms with Crippen molar-refractivity contribution in [1.29, 1.82) is 0 Å². The molecule has 4 heteroatoms. The van der Waals surface area contributed by atoms with Gasteiger partial charge in [0, 0.05) is 17.5 Å². The SMILES string of the molecule is CC(C)(C)CCC(=O)Nc1ccc2[nH]ncc2c1. The van der Waals surface area contributed by atoms with Crippen molar-refractivity contribution < 1.29 is 4.79 Å². The quantitative estimate of drug-likeness (QED) is 0.871. The Labute approximate surface area is 107 Å². The average molecular weight is 245 g/mol. The zero-order chi connectivity index (χ0) is 13.2. The van der Waals surface area contributed by atoms with Crippen molar-refractivity contribution >= 4 is 22.5 Å². The molecule has 0 unspecified atom stereocenters. The number of amides is 1. The summed E-state index contributed by atoms with van der Waals surface area (Å²) in [7, 11) is 0. The van der Waals surface area contributed by atoms with Crippen molar-refractivity contribution in [3.8, 4) is 0 Å². The first-order valence-corrected chi connectivity index (χ1v) is 6.17. The van der Waals surface area contributed by atoms with Crippen LogP contribution in [0.5, 0.6) is 0 Å². The highest BCUT2D eigenvalue weighted by Crippen LogP contribution is 2.21. The highest BCUT2D eigenvalue weighted by atomic mass is 16.1. The van der Waals surface area contributed by atoms with Gasteiger partial charge in [-0.15, -0.1) is 0 Å². The molecule has 0 aliphatic rings. The van der Waals surface area contributed by atoms with Gasteiger partial charge < -0.3 is 5.32 Å². The number of hydrogen-bond donors (Lipinski definition) is 2. The van der Waals surface area contributed by atoms with Gasteiger partial charge in [-0.3, -0.25) is 9.89 Å². The molecule has 1 amide bonds. The minimum absolute atomic E-state index is 0.0627. The summed E-state index contributed by atoms with van der Waals surface area (Å²) in [4.78, 5) is 11.8. The number of aromatic nitrogens is 2. The molecular formula is C14H19N3O. The Morgan fingerprint density at radius 1 is 1.39 bits per heavy atom. The fourth-order valence-corrected chi connectivity index (χ4v) is 1.73. The Morgan fingerprint density at radius 2 is 2.17 bits per heavy atom. The summed E-state index contributed by atoms with van der Waals surface area (Å²) in [6.45, 7) is 6.41. The number of carbonyl (C=O) groups is 1. The number of carbonyl (C=O) groups excluding carboxylic acids is 1. The van der Waals surface area contributed by atoms with Crippen LogP contribution in [0.3, 0.4) is 0 Å². The van der Waals surface area contributed by atoms with E-state index >= 15 is 0 Å². The molecule has 0 spiro atoms. The second-order valence-corrected chi connectivity index (χ2v) is 5.78. The predicted octanol–water partition coefficient (Wildman–Crippen LogP) is 3.33. The number of nitrogens with one attached hydrogen (secondary N) is 2. The molecule has 4 nitrogen and oxygen atoms in total. The van der Waals surface area contributed by atoms with E-state index in [-0.39, 0.29) is 11.3 Å². The normalized spacial score (nSPS) is 11.7. The van der Waals surface area contributed by atoms with Crippen molar-refractivity contribution in [2.24, 2.45) is 5.41 Å². The zero-order valence-corrected chi connectivity index (χ0v) is 11.1. The number of benzene rings is 1. The lowest BCUT2D eigenvalue weighted by atomic mass is 9.90. The lowest BCUT2D eigenvalue weighted by Gasteiger charge is -2.17. The molecular weight excluding hydrogens is 226 g/mol. The van der Waals surface area contributed by atoms with E-state index in [1.165, 1.54) is 0 Å². The van der Waals surface area contributed by atoms with Gasteiger partial charge in [0.05, 0.1) is 11.7 Å². The molecule has 2 aromatic rings. The van der Waals surface area contributed by atoms with Crippen LogP contribution < -0.4 is 5.32 Å². The molecule has 1 aromatic carbocycles. The minimum atomic E-state index is 0.0627. The fraction of sp³-hybridized carbons (Fsp3) is 0.429. The van der Waals surface area contributed by atoms with Crippen LogP contribution in [0.1, 0.15) is 33.6 Å². The van der Waals surface area contributed by atoms with Gasteiger partial charge in [0.2, 0.25) is 5.91 Å². The summed E-state index contributed by atoms with van der Waals surface area (Å²) in [5.74, 6) is 0.0627. The van der Waals surface area contributed by atoms with Crippen molar-refractivity contribution in [3.05, 3.63) is 24.4 Å². The van der Waals surface area contributed by atoms with E-state index in [2.05, 4.69) is 36.3 Å². The van der Waals surface area contributed by atoms with Crippen LogP contribution in [0.4, 0.5) is 5.69 Å². The fourth-order valence-electron chi connectivity index (χ4n) is 1.73. The average Bonchev–Trinajstić information content (AvgIpc) is 2.72.